The zero-order valence-corrected chi connectivity index (χ0v) is 15.3. The zero-order valence-electron chi connectivity index (χ0n) is 13.8. The Morgan fingerprint density at radius 1 is 1.20 bits per heavy atom. The first-order valence-electron chi connectivity index (χ1n) is 8.14. The minimum Gasteiger partial charge on any atom is -0.326 e. The van der Waals surface area contributed by atoms with Crippen molar-refractivity contribution in [2.24, 2.45) is 5.92 Å². The van der Waals surface area contributed by atoms with Gasteiger partial charge >= 0.3 is 0 Å². The van der Waals surface area contributed by atoms with Crippen molar-refractivity contribution in [2.75, 3.05) is 16.8 Å². The first-order chi connectivity index (χ1) is 12.0. The van der Waals surface area contributed by atoms with Crippen molar-refractivity contribution in [1.29, 1.82) is 0 Å². The van der Waals surface area contributed by atoms with Crippen LogP contribution in [-0.4, -0.2) is 18.4 Å². The molecule has 1 aliphatic rings. The molecule has 4 nitrogen and oxygen atoms in total. The summed E-state index contributed by atoms with van der Waals surface area (Å²) in [5.41, 5.74) is 2.40. The van der Waals surface area contributed by atoms with Crippen molar-refractivity contribution in [3.05, 3.63) is 58.1 Å². The quantitative estimate of drug-likeness (QED) is 0.850. The summed E-state index contributed by atoms with van der Waals surface area (Å²) in [7, 11) is 0. The third kappa shape index (κ3) is 3.65. The van der Waals surface area contributed by atoms with Crippen LogP contribution in [0.3, 0.4) is 0 Å². The van der Waals surface area contributed by atoms with E-state index in [1.807, 2.05) is 31.2 Å². The summed E-state index contributed by atoms with van der Waals surface area (Å²) in [6.45, 7) is 2.33. The molecule has 1 saturated heterocycles. The molecule has 25 heavy (non-hydrogen) atoms. The second-order valence-corrected chi connectivity index (χ2v) is 6.76. The van der Waals surface area contributed by atoms with E-state index in [1.165, 1.54) is 4.90 Å². The first-order valence-corrected chi connectivity index (χ1v) is 8.90. The van der Waals surface area contributed by atoms with Crippen molar-refractivity contribution < 1.29 is 9.59 Å². The standard InChI is InChI=1S/C19H18Cl2N2O2/c1-2-12-6-3-4-8-15(12)22-19(25)13-10-17(24)23(11-13)16-9-5-7-14(20)18(16)21/h3-9,13H,2,10-11H2,1H3,(H,22,25)/t13-/m1/s1. The Morgan fingerprint density at radius 3 is 2.72 bits per heavy atom. The number of nitrogens with zero attached hydrogens (tertiary/aromatic N) is 1. The number of rotatable bonds is 4. The molecule has 3 rings (SSSR count). The molecule has 0 bridgehead atoms. The van der Waals surface area contributed by atoms with Crippen molar-refractivity contribution in [2.45, 2.75) is 19.8 Å². The summed E-state index contributed by atoms with van der Waals surface area (Å²) in [6.07, 6.45) is 0.979. The fraction of sp³-hybridized carbons (Fsp3) is 0.263. The van der Waals surface area contributed by atoms with Crippen LogP contribution in [0.25, 0.3) is 0 Å². The maximum absolute atomic E-state index is 12.6. The molecule has 0 unspecified atom stereocenters. The van der Waals surface area contributed by atoms with Gasteiger partial charge in [0, 0.05) is 18.7 Å². The maximum atomic E-state index is 12.6. The lowest BCUT2D eigenvalue weighted by atomic mass is 10.1. The minimum absolute atomic E-state index is 0.131. The highest BCUT2D eigenvalue weighted by Gasteiger charge is 2.36. The second-order valence-electron chi connectivity index (χ2n) is 5.98. The monoisotopic (exact) mass is 376 g/mol. The summed E-state index contributed by atoms with van der Waals surface area (Å²) in [4.78, 5) is 26.5. The molecule has 0 aromatic heterocycles. The van der Waals surface area contributed by atoms with Gasteiger partial charge < -0.3 is 10.2 Å². The topological polar surface area (TPSA) is 49.4 Å². The predicted molar refractivity (Wildman–Crippen MR) is 101 cm³/mol. The number of anilines is 2. The second kappa shape index (κ2) is 7.46. The van der Waals surface area contributed by atoms with Crippen molar-refractivity contribution in [3.63, 3.8) is 0 Å². The van der Waals surface area contributed by atoms with Crippen molar-refractivity contribution in [3.8, 4) is 0 Å². The summed E-state index contributed by atoms with van der Waals surface area (Å²) in [6, 6.07) is 12.8. The van der Waals surface area contributed by atoms with Crippen LogP contribution >= 0.6 is 23.2 Å². The van der Waals surface area contributed by atoms with Gasteiger partial charge in [0.1, 0.15) is 0 Å². The molecule has 1 atom stereocenters. The van der Waals surface area contributed by atoms with Gasteiger partial charge in [-0.25, -0.2) is 0 Å². The number of para-hydroxylation sites is 1. The minimum atomic E-state index is -0.424. The molecule has 0 radical (unpaired) electrons. The molecule has 1 N–H and O–H groups in total. The van der Waals surface area contributed by atoms with Crippen LogP contribution in [0.2, 0.25) is 10.0 Å². The summed E-state index contributed by atoms with van der Waals surface area (Å²) < 4.78 is 0. The van der Waals surface area contributed by atoms with Crippen molar-refractivity contribution >= 4 is 46.4 Å². The van der Waals surface area contributed by atoms with E-state index in [-0.39, 0.29) is 18.2 Å². The Bertz CT molecular complexity index is 823. The molecule has 6 heteroatoms. The summed E-state index contributed by atoms with van der Waals surface area (Å²) >= 11 is 12.2. The number of nitrogens with one attached hydrogen (secondary N) is 1. The third-order valence-electron chi connectivity index (χ3n) is 4.37. The highest BCUT2D eigenvalue weighted by atomic mass is 35.5. The fourth-order valence-corrected chi connectivity index (χ4v) is 3.40. The number of hydrogen-bond acceptors (Lipinski definition) is 2. The highest BCUT2D eigenvalue weighted by Crippen LogP contribution is 2.36. The first kappa shape index (κ1) is 17.8. The van der Waals surface area contributed by atoms with E-state index in [0.717, 1.165) is 17.7 Å². The van der Waals surface area contributed by atoms with Gasteiger partial charge in [0.05, 0.1) is 21.7 Å². The SMILES string of the molecule is CCc1ccccc1NC(=O)[C@@H]1CC(=O)N(c2cccc(Cl)c2Cl)C1. The van der Waals surface area contributed by atoms with Crippen LogP contribution in [0.15, 0.2) is 42.5 Å². The molecule has 0 saturated carbocycles. The lowest BCUT2D eigenvalue weighted by Crippen LogP contribution is -2.28. The Labute approximate surface area is 156 Å². The fourth-order valence-electron chi connectivity index (χ4n) is 3.00. The Balaban J connectivity index is 1.76. The van der Waals surface area contributed by atoms with E-state index in [1.54, 1.807) is 18.2 Å². The van der Waals surface area contributed by atoms with Gasteiger partial charge in [-0.3, -0.25) is 9.59 Å². The lowest BCUT2D eigenvalue weighted by Gasteiger charge is -2.19. The van der Waals surface area contributed by atoms with E-state index < -0.39 is 5.92 Å². The number of aryl methyl sites for hydroxylation is 1. The smallest absolute Gasteiger partial charge is 0.229 e. The number of carbonyl (C=O) groups is 2. The van der Waals surface area contributed by atoms with Crippen molar-refractivity contribution in [1.82, 2.24) is 0 Å². The van der Waals surface area contributed by atoms with E-state index >= 15 is 0 Å². The maximum Gasteiger partial charge on any atom is 0.229 e. The Morgan fingerprint density at radius 2 is 1.96 bits per heavy atom. The average molecular weight is 377 g/mol. The third-order valence-corrected chi connectivity index (χ3v) is 5.18. The van der Waals surface area contributed by atoms with Gasteiger partial charge in [0.15, 0.2) is 0 Å². The molecule has 1 fully saturated rings. The number of amides is 2. The van der Waals surface area contributed by atoms with Gasteiger partial charge in [0.2, 0.25) is 11.8 Å². The van der Waals surface area contributed by atoms with Gasteiger partial charge in [-0.2, -0.15) is 0 Å². The zero-order chi connectivity index (χ0) is 18.0. The molecule has 0 aliphatic carbocycles. The molecule has 2 aromatic carbocycles. The highest BCUT2D eigenvalue weighted by molar-refractivity contribution is 6.44. The number of carbonyl (C=O) groups excluding carboxylic acids is 2. The molecule has 0 spiro atoms. The average Bonchev–Trinajstić information content (AvgIpc) is 2.99. The van der Waals surface area contributed by atoms with Gasteiger partial charge in [-0.15, -0.1) is 0 Å². The van der Waals surface area contributed by atoms with Crippen LogP contribution in [0.1, 0.15) is 18.9 Å². The summed E-state index contributed by atoms with van der Waals surface area (Å²) in [5.74, 6) is -0.713. The number of halogens is 2. The van der Waals surface area contributed by atoms with E-state index in [9.17, 15) is 9.59 Å². The summed E-state index contributed by atoms with van der Waals surface area (Å²) in [5, 5.41) is 3.66. The van der Waals surface area contributed by atoms with Gasteiger partial charge in [0.25, 0.3) is 0 Å². The number of hydrogen-bond donors (Lipinski definition) is 1. The largest absolute Gasteiger partial charge is 0.326 e. The molecule has 2 aromatic rings. The molecule has 1 heterocycles. The molecule has 1 aliphatic heterocycles. The van der Waals surface area contributed by atoms with Crippen LogP contribution in [0, 0.1) is 5.92 Å². The number of benzene rings is 2. The Kier molecular flexibility index (Phi) is 5.30. The van der Waals surface area contributed by atoms with Crippen LogP contribution in [0.4, 0.5) is 11.4 Å². The molecule has 130 valence electrons. The molecular weight excluding hydrogens is 359 g/mol. The van der Waals surface area contributed by atoms with Gasteiger partial charge in [-0.1, -0.05) is 54.4 Å². The van der Waals surface area contributed by atoms with E-state index in [0.29, 0.717) is 22.3 Å². The van der Waals surface area contributed by atoms with Crippen LogP contribution in [0.5, 0.6) is 0 Å². The normalized spacial score (nSPS) is 17.0. The van der Waals surface area contributed by atoms with Crippen LogP contribution in [-0.2, 0) is 16.0 Å². The molecule has 2 amide bonds. The van der Waals surface area contributed by atoms with Gasteiger partial charge in [-0.05, 0) is 30.2 Å². The van der Waals surface area contributed by atoms with E-state index in [2.05, 4.69) is 5.32 Å². The van der Waals surface area contributed by atoms with E-state index in [4.69, 9.17) is 23.2 Å². The van der Waals surface area contributed by atoms with Crippen LogP contribution < -0.4 is 10.2 Å². The predicted octanol–water partition coefficient (Wildman–Crippen LogP) is 4.55. The Hall–Kier alpha value is -2.04. The molecular formula is C19H18Cl2N2O2. The lowest BCUT2D eigenvalue weighted by molar-refractivity contribution is -0.122.